The first-order valence-corrected chi connectivity index (χ1v) is 9.11. The monoisotopic (exact) mass is 292 g/mol. The zero-order valence-electron chi connectivity index (χ0n) is 13.6. The molecule has 120 valence electrons. The fraction of sp³-hybridized carbons (Fsp3) is 0.944. The van der Waals surface area contributed by atoms with E-state index >= 15 is 0 Å². The van der Waals surface area contributed by atoms with Crippen molar-refractivity contribution in [3.05, 3.63) is 0 Å². The summed E-state index contributed by atoms with van der Waals surface area (Å²) in [5.41, 5.74) is 5.93. The molecule has 1 unspecified atom stereocenters. The molecule has 4 rings (SSSR count). The van der Waals surface area contributed by atoms with E-state index in [-0.39, 0.29) is 5.91 Å². The molecule has 0 aliphatic heterocycles. The molecular formula is C18H32N2O. The number of hydrogen-bond donors (Lipinski definition) is 2. The Labute approximate surface area is 129 Å². The van der Waals surface area contributed by atoms with Crippen LogP contribution >= 0.6 is 0 Å². The molecule has 4 bridgehead atoms. The average Bonchev–Trinajstić information content (AvgIpc) is 2.42. The number of amides is 1. The maximum absolute atomic E-state index is 12.2. The molecule has 3 nitrogen and oxygen atoms in total. The molecule has 1 atom stereocenters. The molecule has 1 amide bonds. The van der Waals surface area contributed by atoms with Crippen LogP contribution < -0.4 is 11.1 Å². The van der Waals surface area contributed by atoms with Crippen molar-refractivity contribution in [1.82, 2.24) is 5.32 Å². The van der Waals surface area contributed by atoms with Gasteiger partial charge in [-0.25, -0.2) is 0 Å². The second-order valence-electron chi connectivity index (χ2n) is 8.17. The van der Waals surface area contributed by atoms with Gasteiger partial charge in [-0.1, -0.05) is 6.42 Å². The van der Waals surface area contributed by atoms with Crippen molar-refractivity contribution in [2.75, 3.05) is 6.54 Å². The lowest BCUT2D eigenvalue weighted by Gasteiger charge is -2.59. The highest BCUT2D eigenvalue weighted by Gasteiger charge is 2.53. The molecule has 21 heavy (non-hydrogen) atoms. The van der Waals surface area contributed by atoms with Crippen LogP contribution in [-0.4, -0.2) is 18.5 Å². The van der Waals surface area contributed by atoms with Gasteiger partial charge in [-0.05, 0) is 88.0 Å². The molecule has 0 saturated heterocycles. The van der Waals surface area contributed by atoms with Gasteiger partial charge < -0.3 is 11.1 Å². The van der Waals surface area contributed by atoms with E-state index in [2.05, 4.69) is 12.2 Å². The third-order valence-electron chi connectivity index (χ3n) is 6.49. The number of nitrogens with one attached hydrogen (secondary N) is 1. The molecule has 4 aliphatic carbocycles. The van der Waals surface area contributed by atoms with Crippen LogP contribution in [0.2, 0.25) is 0 Å². The second kappa shape index (κ2) is 6.28. The van der Waals surface area contributed by atoms with E-state index in [4.69, 9.17) is 5.73 Å². The standard InChI is InChI=1S/C18H32N2O/c1-13(20-17(21)5-3-2-4-6-19)18-10-14-7-15(11-18)9-16(8-14)12-18/h13-16H,2-12,19H2,1H3,(H,20,21). The van der Waals surface area contributed by atoms with Crippen molar-refractivity contribution < 1.29 is 4.79 Å². The van der Waals surface area contributed by atoms with Crippen LogP contribution in [0.4, 0.5) is 0 Å². The van der Waals surface area contributed by atoms with Gasteiger partial charge in [0.1, 0.15) is 0 Å². The topological polar surface area (TPSA) is 55.1 Å². The van der Waals surface area contributed by atoms with E-state index in [1.54, 1.807) is 0 Å². The Kier molecular flexibility index (Phi) is 4.58. The minimum absolute atomic E-state index is 0.260. The lowest BCUT2D eigenvalue weighted by Crippen LogP contribution is -2.55. The summed E-state index contributed by atoms with van der Waals surface area (Å²) < 4.78 is 0. The summed E-state index contributed by atoms with van der Waals surface area (Å²) in [5.74, 6) is 3.13. The molecular weight excluding hydrogens is 260 g/mol. The Morgan fingerprint density at radius 1 is 1.10 bits per heavy atom. The Bertz CT molecular complexity index is 344. The zero-order chi connectivity index (χ0) is 14.9. The minimum Gasteiger partial charge on any atom is -0.353 e. The number of unbranched alkanes of at least 4 members (excludes halogenated alkanes) is 2. The highest BCUT2D eigenvalue weighted by atomic mass is 16.1. The number of carbonyl (C=O) groups excluding carboxylic acids is 1. The van der Waals surface area contributed by atoms with Crippen molar-refractivity contribution in [2.45, 2.75) is 77.2 Å². The number of nitrogens with two attached hydrogens (primary N) is 1. The molecule has 0 aromatic rings. The van der Waals surface area contributed by atoms with Crippen molar-refractivity contribution >= 4 is 5.91 Å². The Hall–Kier alpha value is -0.570. The van der Waals surface area contributed by atoms with Crippen LogP contribution in [-0.2, 0) is 4.79 Å². The van der Waals surface area contributed by atoms with Crippen molar-refractivity contribution in [3.8, 4) is 0 Å². The maximum atomic E-state index is 12.2. The molecule has 0 heterocycles. The summed E-state index contributed by atoms with van der Waals surface area (Å²) in [4.78, 5) is 12.2. The molecule has 0 radical (unpaired) electrons. The first-order chi connectivity index (χ1) is 10.1. The van der Waals surface area contributed by atoms with E-state index in [0.29, 0.717) is 17.9 Å². The van der Waals surface area contributed by atoms with Gasteiger partial charge in [-0.3, -0.25) is 4.79 Å². The fourth-order valence-electron chi connectivity index (χ4n) is 5.78. The SMILES string of the molecule is CC(NC(=O)CCCCCN)C12CC3CC(CC(C3)C1)C2. The van der Waals surface area contributed by atoms with Gasteiger partial charge in [0.2, 0.25) is 5.91 Å². The largest absolute Gasteiger partial charge is 0.353 e. The Morgan fingerprint density at radius 2 is 1.67 bits per heavy atom. The first-order valence-electron chi connectivity index (χ1n) is 9.11. The van der Waals surface area contributed by atoms with Crippen LogP contribution in [0, 0.1) is 23.2 Å². The van der Waals surface area contributed by atoms with Crippen molar-refractivity contribution in [2.24, 2.45) is 28.9 Å². The number of rotatable bonds is 7. The zero-order valence-corrected chi connectivity index (χ0v) is 13.6. The second-order valence-corrected chi connectivity index (χ2v) is 8.17. The highest BCUT2D eigenvalue weighted by molar-refractivity contribution is 5.76. The quantitative estimate of drug-likeness (QED) is 0.708. The third-order valence-corrected chi connectivity index (χ3v) is 6.49. The molecule has 3 heteroatoms. The minimum atomic E-state index is 0.260. The van der Waals surface area contributed by atoms with Gasteiger partial charge in [0.15, 0.2) is 0 Å². The van der Waals surface area contributed by atoms with Crippen molar-refractivity contribution in [3.63, 3.8) is 0 Å². The molecule has 4 saturated carbocycles. The molecule has 4 aliphatic rings. The number of carbonyl (C=O) groups is 1. The molecule has 3 N–H and O–H groups in total. The summed E-state index contributed by atoms with van der Waals surface area (Å²) in [6.07, 6.45) is 12.3. The summed E-state index contributed by atoms with van der Waals surface area (Å²) in [5, 5.41) is 3.34. The third kappa shape index (κ3) is 3.28. The van der Waals surface area contributed by atoms with E-state index in [1.807, 2.05) is 0 Å². The van der Waals surface area contributed by atoms with E-state index < -0.39 is 0 Å². The van der Waals surface area contributed by atoms with Crippen LogP contribution in [0.25, 0.3) is 0 Å². The lowest BCUT2D eigenvalue weighted by atomic mass is 9.48. The summed E-state index contributed by atoms with van der Waals surface area (Å²) >= 11 is 0. The smallest absolute Gasteiger partial charge is 0.220 e. The van der Waals surface area contributed by atoms with Crippen LogP contribution in [0.5, 0.6) is 0 Å². The van der Waals surface area contributed by atoms with Gasteiger partial charge in [-0.15, -0.1) is 0 Å². The fourth-order valence-corrected chi connectivity index (χ4v) is 5.78. The first kappa shape index (κ1) is 15.3. The maximum Gasteiger partial charge on any atom is 0.220 e. The van der Waals surface area contributed by atoms with Gasteiger partial charge in [0, 0.05) is 12.5 Å². The van der Waals surface area contributed by atoms with Gasteiger partial charge in [-0.2, -0.15) is 0 Å². The predicted octanol–water partition coefficient (Wildman–Crippen LogP) is 3.23. The van der Waals surface area contributed by atoms with E-state index in [0.717, 1.165) is 43.6 Å². The van der Waals surface area contributed by atoms with Gasteiger partial charge >= 0.3 is 0 Å². The molecule has 0 aromatic heterocycles. The number of hydrogen-bond acceptors (Lipinski definition) is 2. The average molecular weight is 292 g/mol. The molecule has 4 fully saturated rings. The van der Waals surface area contributed by atoms with Gasteiger partial charge in [0.25, 0.3) is 0 Å². The van der Waals surface area contributed by atoms with Crippen LogP contribution in [0.3, 0.4) is 0 Å². The Morgan fingerprint density at radius 3 is 2.19 bits per heavy atom. The van der Waals surface area contributed by atoms with Crippen LogP contribution in [0.15, 0.2) is 0 Å². The highest BCUT2D eigenvalue weighted by Crippen LogP contribution is 2.61. The lowest BCUT2D eigenvalue weighted by molar-refractivity contribution is -0.126. The predicted molar refractivity (Wildman–Crippen MR) is 85.7 cm³/mol. The summed E-state index contributed by atoms with van der Waals surface area (Å²) in [6.45, 7) is 3.01. The van der Waals surface area contributed by atoms with Gasteiger partial charge in [0.05, 0.1) is 0 Å². The Balaban J connectivity index is 1.51. The summed E-state index contributed by atoms with van der Waals surface area (Å²) in [7, 11) is 0. The molecule has 0 aromatic carbocycles. The van der Waals surface area contributed by atoms with Crippen LogP contribution in [0.1, 0.15) is 71.1 Å². The summed E-state index contributed by atoms with van der Waals surface area (Å²) in [6, 6.07) is 0.368. The van der Waals surface area contributed by atoms with E-state index in [1.165, 1.54) is 38.5 Å². The van der Waals surface area contributed by atoms with Crippen molar-refractivity contribution in [1.29, 1.82) is 0 Å². The normalized spacial score (nSPS) is 38.5. The molecule has 0 spiro atoms. The van der Waals surface area contributed by atoms with E-state index in [9.17, 15) is 4.79 Å².